The molecular formula is C20H20Cl2N4O2. The molecule has 3 amide bonds. The third-order valence-corrected chi connectivity index (χ3v) is 5.00. The van der Waals surface area contributed by atoms with E-state index >= 15 is 0 Å². The van der Waals surface area contributed by atoms with Crippen LogP contribution in [-0.4, -0.2) is 37.5 Å². The second-order valence-corrected chi connectivity index (χ2v) is 7.20. The third kappa shape index (κ3) is 3.46. The summed E-state index contributed by atoms with van der Waals surface area (Å²) in [5.74, 6) is -0.260. The lowest BCUT2D eigenvalue weighted by Gasteiger charge is -2.32. The number of carbonyl (C=O) groups excluding carboxylic acids is 2. The summed E-state index contributed by atoms with van der Waals surface area (Å²) in [6.45, 7) is 0.0241. The standard InChI is InChI=1S/C20H19ClN4O2.ClH/c1-24(2)19-15-7-6-13(21)9-16(15)17(10-22-19)12-4-3-5-14(8-12)25-18(26)11-23-20(25)27;/h3-10,19,22H,11H2,1-2H3,(H,23,27);1H. The summed E-state index contributed by atoms with van der Waals surface area (Å²) in [5, 5.41) is 6.61. The predicted octanol–water partition coefficient (Wildman–Crippen LogP) is 3.37. The fourth-order valence-electron chi connectivity index (χ4n) is 3.49. The van der Waals surface area contributed by atoms with Crippen molar-refractivity contribution < 1.29 is 9.59 Å². The zero-order chi connectivity index (χ0) is 19.1. The maximum absolute atomic E-state index is 12.0. The highest BCUT2D eigenvalue weighted by Gasteiger charge is 2.30. The molecule has 1 atom stereocenters. The lowest BCUT2D eigenvalue weighted by atomic mass is 9.90. The molecule has 6 nitrogen and oxygen atoms in total. The van der Waals surface area contributed by atoms with E-state index in [1.165, 1.54) is 4.90 Å². The smallest absolute Gasteiger partial charge is 0.329 e. The van der Waals surface area contributed by atoms with Gasteiger partial charge in [-0.2, -0.15) is 0 Å². The summed E-state index contributed by atoms with van der Waals surface area (Å²) in [5.41, 5.74) is 4.54. The van der Waals surface area contributed by atoms with Crippen LogP contribution in [0.1, 0.15) is 22.9 Å². The van der Waals surface area contributed by atoms with Gasteiger partial charge in [0.15, 0.2) is 0 Å². The second-order valence-electron chi connectivity index (χ2n) is 6.76. The van der Waals surface area contributed by atoms with Crippen LogP contribution in [0.4, 0.5) is 10.5 Å². The van der Waals surface area contributed by atoms with Gasteiger partial charge >= 0.3 is 6.03 Å². The van der Waals surface area contributed by atoms with Crippen molar-refractivity contribution in [1.29, 1.82) is 0 Å². The van der Waals surface area contributed by atoms with Crippen molar-refractivity contribution in [3.63, 3.8) is 0 Å². The number of nitrogens with zero attached hydrogens (tertiary/aromatic N) is 2. The van der Waals surface area contributed by atoms with Crippen LogP contribution >= 0.6 is 24.0 Å². The Hall–Kier alpha value is -2.54. The fourth-order valence-corrected chi connectivity index (χ4v) is 3.66. The molecule has 2 aromatic rings. The van der Waals surface area contributed by atoms with Gasteiger partial charge in [0, 0.05) is 16.8 Å². The monoisotopic (exact) mass is 418 g/mol. The molecular weight excluding hydrogens is 399 g/mol. The number of anilines is 1. The van der Waals surface area contributed by atoms with Gasteiger partial charge in [0.1, 0.15) is 6.17 Å². The van der Waals surface area contributed by atoms with Crippen LogP contribution in [0.2, 0.25) is 5.02 Å². The fraction of sp³-hybridized carbons (Fsp3) is 0.200. The highest BCUT2D eigenvalue weighted by atomic mass is 35.5. The molecule has 2 heterocycles. The number of halogens is 2. The van der Waals surface area contributed by atoms with Gasteiger partial charge in [0.05, 0.1) is 12.2 Å². The first kappa shape index (κ1) is 20.2. The van der Waals surface area contributed by atoms with Gasteiger partial charge in [0.2, 0.25) is 0 Å². The molecule has 2 aliphatic rings. The van der Waals surface area contributed by atoms with E-state index < -0.39 is 6.03 Å². The number of amides is 3. The number of hydrogen-bond donors (Lipinski definition) is 2. The number of imide groups is 1. The van der Waals surface area contributed by atoms with Crippen molar-refractivity contribution in [2.45, 2.75) is 6.17 Å². The summed E-state index contributed by atoms with van der Waals surface area (Å²) in [7, 11) is 4.01. The SMILES string of the molecule is CN(C)C1NC=C(c2cccc(N3C(=O)CNC3=O)c2)c2cc(Cl)ccc21.Cl. The van der Waals surface area contributed by atoms with E-state index in [-0.39, 0.29) is 31.0 Å². The van der Waals surface area contributed by atoms with Gasteiger partial charge in [-0.3, -0.25) is 9.69 Å². The van der Waals surface area contributed by atoms with Gasteiger partial charge < -0.3 is 10.6 Å². The largest absolute Gasteiger partial charge is 0.371 e. The van der Waals surface area contributed by atoms with E-state index in [0.29, 0.717) is 10.7 Å². The van der Waals surface area contributed by atoms with E-state index in [1.54, 1.807) is 6.07 Å². The molecule has 1 saturated heterocycles. The number of nitrogens with one attached hydrogen (secondary N) is 2. The number of fused-ring (bicyclic) bond motifs is 1. The first-order chi connectivity index (χ1) is 13.0. The molecule has 0 radical (unpaired) electrons. The van der Waals surface area contributed by atoms with Crippen molar-refractivity contribution in [3.8, 4) is 0 Å². The number of benzene rings is 2. The molecule has 0 saturated carbocycles. The van der Waals surface area contributed by atoms with Crippen LogP contribution < -0.4 is 15.5 Å². The Morgan fingerprint density at radius 1 is 1.14 bits per heavy atom. The van der Waals surface area contributed by atoms with E-state index in [9.17, 15) is 9.59 Å². The molecule has 1 fully saturated rings. The van der Waals surface area contributed by atoms with Gasteiger partial charge in [-0.05, 0) is 55.1 Å². The molecule has 2 aromatic carbocycles. The molecule has 2 aliphatic heterocycles. The van der Waals surface area contributed by atoms with Crippen LogP contribution in [0.5, 0.6) is 0 Å². The van der Waals surface area contributed by atoms with Crippen LogP contribution in [0.3, 0.4) is 0 Å². The molecule has 28 heavy (non-hydrogen) atoms. The van der Waals surface area contributed by atoms with Crippen molar-refractivity contribution >= 4 is 47.2 Å². The van der Waals surface area contributed by atoms with Crippen LogP contribution in [0.25, 0.3) is 5.57 Å². The Kier molecular flexibility index (Phi) is 5.65. The van der Waals surface area contributed by atoms with E-state index in [1.807, 2.05) is 56.7 Å². The van der Waals surface area contributed by atoms with Gasteiger partial charge in [-0.15, -0.1) is 12.4 Å². The molecule has 2 N–H and O–H groups in total. The topological polar surface area (TPSA) is 64.7 Å². The Bertz CT molecular complexity index is 958. The first-order valence-electron chi connectivity index (χ1n) is 8.59. The predicted molar refractivity (Wildman–Crippen MR) is 113 cm³/mol. The minimum absolute atomic E-state index is 0. The minimum Gasteiger partial charge on any atom is -0.371 e. The van der Waals surface area contributed by atoms with Crippen LogP contribution in [-0.2, 0) is 4.79 Å². The summed E-state index contributed by atoms with van der Waals surface area (Å²) >= 11 is 6.26. The van der Waals surface area contributed by atoms with Crippen LogP contribution in [0, 0.1) is 0 Å². The lowest BCUT2D eigenvalue weighted by Crippen LogP contribution is -2.33. The maximum atomic E-state index is 12.0. The highest BCUT2D eigenvalue weighted by molar-refractivity contribution is 6.30. The van der Waals surface area contributed by atoms with E-state index in [2.05, 4.69) is 15.5 Å². The van der Waals surface area contributed by atoms with E-state index in [4.69, 9.17) is 11.6 Å². The Morgan fingerprint density at radius 3 is 2.61 bits per heavy atom. The molecule has 0 bridgehead atoms. The van der Waals surface area contributed by atoms with Gasteiger partial charge in [-0.1, -0.05) is 29.8 Å². The molecule has 4 rings (SSSR count). The van der Waals surface area contributed by atoms with Crippen LogP contribution in [0.15, 0.2) is 48.7 Å². The highest BCUT2D eigenvalue weighted by Crippen LogP contribution is 2.36. The Labute approximate surface area is 174 Å². The average molecular weight is 419 g/mol. The first-order valence-corrected chi connectivity index (χ1v) is 8.97. The molecule has 8 heteroatoms. The molecule has 0 spiro atoms. The number of rotatable bonds is 3. The van der Waals surface area contributed by atoms with Gasteiger partial charge in [0.25, 0.3) is 5.91 Å². The second kappa shape index (κ2) is 7.83. The summed E-state index contributed by atoms with van der Waals surface area (Å²) < 4.78 is 0. The third-order valence-electron chi connectivity index (χ3n) is 4.76. The summed E-state index contributed by atoms with van der Waals surface area (Å²) in [6, 6.07) is 12.8. The molecule has 1 unspecified atom stereocenters. The maximum Gasteiger partial charge on any atom is 0.329 e. The van der Waals surface area contributed by atoms with Crippen molar-refractivity contribution in [2.24, 2.45) is 0 Å². The summed E-state index contributed by atoms with van der Waals surface area (Å²) in [4.78, 5) is 27.3. The lowest BCUT2D eigenvalue weighted by molar-refractivity contribution is -0.115. The Morgan fingerprint density at radius 2 is 1.93 bits per heavy atom. The normalized spacial score (nSPS) is 18.2. The number of carbonyl (C=O) groups is 2. The van der Waals surface area contributed by atoms with Crippen molar-refractivity contribution in [2.75, 3.05) is 25.5 Å². The quantitative estimate of drug-likeness (QED) is 0.749. The van der Waals surface area contributed by atoms with Gasteiger partial charge in [-0.25, -0.2) is 9.69 Å². The van der Waals surface area contributed by atoms with E-state index in [0.717, 1.165) is 22.3 Å². The molecule has 0 aliphatic carbocycles. The summed E-state index contributed by atoms with van der Waals surface area (Å²) in [6.07, 6.45) is 1.99. The molecule has 146 valence electrons. The zero-order valence-corrected chi connectivity index (χ0v) is 17.0. The Balaban J connectivity index is 0.00000225. The minimum atomic E-state index is -0.399. The molecule has 0 aromatic heterocycles. The number of hydrogen-bond acceptors (Lipinski definition) is 4. The van der Waals surface area contributed by atoms with Crippen molar-refractivity contribution in [3.05, 3.63) is 70.4 Å². The van der Waals surface area contributed by atoms with Crippen molar-refractivity contribution in [1.82, 2.24) is 15.5 Å². The average Bonchev–Trinajstić information content (AvgIpc) is 2.99. The zero-order valence-electron chi connectivity index (χ0n) is 15.4. The number of urea groups is 1.